The summed E-state index contributed by atoms with van der Waals surface area (Å²) in [4.78, 5) is 21.5. The molecule has 1 amide bonds. The van der Waals surface area contributed by atoms with Gasteiger partial charge >= 0.3 is 12.1 Å². The number of nitrogens with two attached hydrogens (primary N) is 1. The van der Waals surface area contributed by atoms with Crippen molar-refractivity contribution in [3.05, 3.63) is 35.4 Å². The Labute approximate surface area is 81.7 Å². The molecule has 1 aromatic rings. The van der Waals surface area contributed by atoms with Gasteiger partial charge in [0.1, 0.15) is 0 Å². The summed E-state index contributed by atoms with van der Waals surface area (Å²) >= 11 is 0. The smallest absolute Gasteiger partial charge is 0.373 e. The zero-order chi connectivity index (χ0) is 10.6. The van der Waals surface area contributed by atoms with E-state index in [4.69, 9.17) is 5.73 Å². The van der Waals surface area contributed by atoms with Gasteiger partial charge in [0.2, 0.25) is 0 Å². The Kier molecular flexibility index (Phi) is 3.23. The van der Waals surface area contributed by atoms with E-state index in [1.54, 1.807) is 18.2 Å². The Morgan fingerprint density at radius 1 is 1.43 bits per heavy atom. The predicted octanol–water partition coefficient (Wildman–Crippen LogP) is 1.48. The van der Waals surface area contributed by atoms with Crippen LogP contribution in [-0.2, 0) is 11.2 Å². The second-order valence-corrected chi connectivity index (χ2v) is 2.76. The maximum atomic E-state index is 11.2. The Bertz CT molecular complexity index is 360. The average Bonchev–Trinajstić information content (AvgIpc) is 2.17. The van der Waals surface area contributed by atoms with Crippen LogP contribution in [0.4, 0.5) is 4.79 Å². The van der Waals surface area contributed by atoms with Crippen LogP contribution in [0.3, 0.4) is 0 Å². The lowest BCUT2D eigenvalue weighted by Gasteiger charge is -2.01. The molecule has 4 heteroatoms. The zero-order valence-electron chi connectivity index (χ0n) is 7.82. The van der Waals surface area contributed by atoms with Crippen molar-refractivity contribution in [1.82, 2.24) is 0 Å². The van der Waals surface area contributed by atoms with Crippen LogP contribution in [0.15, 0.2) is 24.3 Å². The van der Waals surface area contributed by atoms with Gasteiger partial charge in [0, 0.05) is 0 Å². The van der Waals surface area contributed by atoms with E-state index in [1.807, 2.05) is 13.0 Å². The van der Waals surface area contributed by atoms with Crippen LogP contribution in [0.25, 0.3) is 0 Å². The molecule has 0 aliphatic heterocycles. The Morgan fingerprint density at radius 2 is 2.14 bits per heavy atom. The number of carbonyl (C=O) groups excluding carboxylic acids is 2. The van der Waals surface area contributed by atoms with Crippen molar-refractivity contribution >= 4 is 12.1 Å². The van der Waals surface area contributed by atoms with Crippen LogP contribution in [0, 0.1) is 0 Å². The fourth-order valence-corrected chi connectivity index (χ4v) is 1.07. The molecule has 14 heavy (non-hydrogen) atoms. The SMILES string of the molecule is CCc1cccc(C(=O)OC(N)=O)c1. The van der Waals surface area contributed by atoms with E-state index in [0.717, 1.165) is 12.0 Å². The minimum absolute atomic E-state index is 0.336. The van der Waals surface area contributed by atoms with Gasteiger partial charge in [0.15, 0.2) is 0 Å². The van der Waals surface area contributed by atoms with E-state index < -0.39 is 12.1 Å². The number of benzene rings is 1. The molecule has 0 atom stereocenters. The zero-order valence-corrected chi connectivity index (χ0v) is 7.82. The lowest BCUT2D eigenvalue weighted by molar-refractivity contribution is 0.0638. The number of amides is 1. The van der Waals surface area contributed by atoms with Gasteiger partial charge in [0.25, 0.3) is 0 Å². The molecule has 4 nitrogen and oxygen atoms in total. The van der Waals surface area contributed by atoms with Gasteiger partial charge in [-0.25, -0.2) is 9.59 Å². The van der Waals surface area contributed by atoms with E-state index in [1.165, 1.54) is 0 Å². The van der Waals surface area contributed by atoms with Gasteiger partial charge in [0.05, 0.1) is 5.56 Å². The summed E-state index contributed by atoms with van der Waals surface area (Å²) in [5, 5.41) is 0. The predicted molar refractivity (Wildman–Crippen MR) is 50.8 cm³/mol. The van der Waals surface area contributed by atoms with Crippen molar-refractivity contribution in [1.29, 1.82) is 0 Å². The summed E-state index contributed by atoms with van der Waals surface area (Å²) in [6.45, 7) is 1.97. The quantitative estimate of drug-likeness (QED) is 0.571. The highest BCUT2D eigenvalue weighted by Gasteiger charge is 2.09. The average molecular weight is 193 g/mol. The minimum atomic E-state index is -1.09. The molecule has 0 aromatic heterocycles. The second-order valence-electron chi connectivity index (χ2n) is 2.76. The summed E-state index contributed by atoms with van der Waals surface area (Å²) in [6, 6.07) is 6.87. The van der Waals surface area contributed by atoms with Crippen molar-refractivity contribution in [2.24, 2.45) is 5.73 Å². The van der Waals surface area contributed by atoms with Crippen LogP contribution >= 0.6 is 0 Å². The molecule has 0 saturated heterocycles. The van der Waals surface area contributed by atoms with Gasteiger partial charge in [-0.2, -0.15) is 0 Å². The van der Waals surface area contributed by atoms with E-state index in [9.17, 15) is 9.59 Å². The Hall–Kier alpha value is -1.84. The van der Waals surface area contributed by atoms with Gasteiger partial charge < -0.3 is 10.5 Å². The maximum absolute atomic E-state index is 11.2. The third kappa shape index (κ3) is 2.58. The molecule has 0 aliphatic rings. The molecule has 0 radical (unpaired) electrons. The highest BCUT2D eigenvalue weighted by atomic mass is 16.6. The lowest BCUT2D eigenvalue weighted by atomic mass is 10.1. The molecular weight excluding hydrogens is 182 g/mol. The molecule has 0 saturated carbocycles. The fraction of sp³-hybridized carbons (Fsp3) is 0.200. The lowest BCUT2D eigenvalue weighted by Crippen LogP contribution is -2.18. The molecule has 0 bridgehead atoms. The summed E-state index contributed by atoms with van der Waals surface area (Å²) in [5.74, 6) is -0.715. The molecule has 0 spiro atoms. The molecule has 74 valence electrons. The first-order valence-electron chi connectivity index (χ1n) is 4.24. The number of esters is 1. The van der Waals surface area contributed by atoms with Gasteiger partial charge in [-0.15, -0.1) is 0 Å². The monoisotopic (exact) mass is 193 g/mol. The highest BCUT2D eigenvalue weighted by molar-refractivity contribution is 5.96. The first-order valence-corrected chi connectivity index (χ1v) is 4.24. The number of aryl methyl sites for hydroxylation is 1. The van der Waals surface area contributed by atoms with Crippen LogP contribution in [0.5, 0.6) is 0 Å². The number of ether oxygens (including phenoxy) is 1. The van der Waals surface area contributed by atoms with Crippen molar-refractivity contribution in [3.8, 4) is 0 Å². The minimum Gasteiger partial charge on any atom is -0.373 e. The van der Waals surface area contributed by atoms with Gasteiger partial charge in [-0.05, 0) is 24.1 Å². The topological polar surface area (TPSA) is 69.4 Å². The summed E-state index contributed by atoms with van der Waals surface area (Å²) in [6.07, 6.45) is -0.269. The number of hydrogen-bond donors (Lipinski definition) is 1. The van der Waals surface area contributed by atoms with E-state index in [0.29, 0.717) is 5.56 Å². The highest BCUT2D eigenvalue weighted by Crippen LogP contribution is 2.07. The van der Waals surface area contributed by atoms with E-state index in [2.05, 4.69) is 4.74 Å². The Morgan fingerprint density at radius 3 is 2.71 bits per heavy atom. The molecular formula is C10H11NO3. The molecule has 0 aliphatic carbocycles. The van der Waals surface area contributed by atoms with Crippen molar-refractivity contribution < 1.29 is 14.3 Å². The van der Waals surface area contributed by atoms with Crippen molar-refractivity contribution in [3.63, 3.8) is 0 Å². The molecule has 1 aromatic carbocycles. The number of carbonyl (C=O) groups is 2. The van der Waals surface area contributed by atoms with Crippen LogP contribution in [0.1, 0.15) is 22.8 Å². The van der Waals surface area contributed by atoms with Crippen molar-refractivity contribution in [2.45, 2.75) is 13.3 Å². The van der Waals surface area contributed by atoms with Crippen LogP contribution in [-0.4, -0.2) is 12.1 Å². The van der Waals surface area contributed by atoms with E-state index in [-0.39, 0.29) is 0 Å². The van der Waals surface area contributed by atoms with Crippen LogP contribution in [0.2, 0.25) is 0 Å². The van der Waals surface area contributed by atoms with Gasteiger partial charge in [-0.1, -0.05) is 19.1 Å². The third-order valence-electron chi connectivity index (χ3n) is 1.76. The normalized spacial score (nSPS) is 9.50. The molecule has 0 fully saturated rings. The molecule has 0 unspecified atom stereocenters. The first kappa shape index (κ1) is 10.2. The van der Waals surface area contributed by atoms with E-state index >= 15 is 0 Å². The number of hydrogen-bond acceptors (Lipinski definition) is 3. The largest absolute Gasteiger partial charge is 0.412 e. The second kappa shape index (κ2) is 4.41. The summed E-state index contributed by atoms with van der Waals surface area (Å²) in [7, 11) is 0. The molecule has 0 heterocycles. The fourth-order valence-electron chi connectivity index (χ4n) is 1.07. The first-order chi connectivity index (χ1) is 6.63. The van der Waals surface area contributed by atoms with Crippen molar-refractivity contribution in [2.75, 3.05) is 0 Å². The number of rotatable bonds is 2. The molecule has 1 rings (SSSR count). The third-order valence-corrected chi connectivity index (χ3v) is 1.76. The number of primary amides is 1. The van der Waals surface area contributed by atoms with Crippen LogP contribution < -0.4 is 5.73 Å². The maximum Gasteiger partial charge on any atom is 0.412 e. The molecule has 2 N–H and O–H groups in total. The summed E-state index contributed by atoms with van der Waals surface area (Å²) in [5.41, 5.74) is 6.06. The summed E-state index contributed by atoms with van der Waals surface area (Å²) < 4.78 is 4.24. The standard InChI is InChI=1S/C10H11NO3/c1-2-7-4-3-5-8(6-7)9(12)14-10(11)13/h3-6H,2H2,1H3,(H2,11,13). The Balaban J connectivity index is 2.84. The van der Waals surface area contributed by atoms with Gasteiger partial charge in [-0.3, -0.25) is 0 Å².